The lowest BCUT2D eigenvalue weighted by Crippen LogP contribution is -2.67. The number of ether oxygens (including phenoxy) is 12. The van der Waals surface area contributed by atoms with Crippen LogP contribution in [0.3, 0.4) is 0 Å². The van der Waals surface area contributed by atoms with Crippen molar-refractivity contribution in [1.29, 1.82) is 0 Å². The monoisotopic (exact) mass is 1290 g/mol. The summed E-state index contributed by atoms with van der Waals surface area (Å²) in [4.78, 5) is 15.2. The standard InChI is InChI=1S/C56H94O33/c1-20-6-7-22-8-11-31-55(3,23(22)9-10-24(20)79-52-46(87-50-43(74)39(70)34(65)27(16-59)82-50)45(36(67)29(18-61)84-52)86-49-42(73)38(69)33(64)26(15-58)81-49)12-5-13-56(31,4)54(77)89-53(47(76)88-51-44(75)40(71)35(66)28(17-60)83-51)85-30(21(2)62)19-78-48-41(72)37(68)32(63)25(14-57)80-48/h21-53,57-76H,1,5-19H2,2-4H3/t21?,22?,23-,24?,25?,26?,27?,28?,29?,30?,31+,32?,33?,34?,35?,36?,37?,38?,39?,40?,41?,42?,43?,44?,45?,46?,47?,48?,49?,50?,51?,52?,53?,55+,56-/m1/s1. The van der Waals surface area contributed by atoms with Crippen molar-refractivity contribution < 1.29 is 164 Å². The van der Waals surface area contributed by atoms with Gasteiger partial charge in [-0.1, -0.05) is 19.9 Å². The Labute approximate surface area is 511 Å². The maximum absolute atomic E-state index is 15.2. The Morgan fingerprint density at radius 3 is 1.52 bits per heavy atom. The lowest BCUT2D eigenvalue weighted by molar-refractivity contribution is -0.394. The summed E-state index contributed by atoms with van der Waals surface area (Å²) >= 11 is 0. The summed E-state index contributed by atoms with van der Waals surface area (Å²) in [7, 11) is 0. The van der Waals surface area contributed by atoms with Crippen LogP contribution in [0.5, 0.6) is 0 Å². The molecule has 20 N–H and O–H groups in total. The summed E-state index contributed by atoms with van der Waals surface area (Å²) in [6.45, 7) is 4.35. The van der Waals surface area contributed by atoms with Gasteiger partial charge in [0.15, 0.2) is 31.5 Å². The van der Waals surface area contributed by atoms with Gasteiger partial charge in [0.1, 0.15) is 128 Å². The molecule has 31 unspecified atom stereocenters. The Balaban J connectivity index is 1.04. The molecule has 8 fully saturated rings. The lowest BCUT2D eigenvalue weighted by atomic mass is 9.45. The SMILES string of the molecule is C=C1CCC2CC[C@H]3[C@@](C)(CCC[C@@]3(C)C(=O)OC(OC(COC3OC(CO)C(O)C(O)C3O)C(C)O)C(O)OC3OC(CO)C(O)C(O)C3O)[C@@H]2CCC1OC1OC(CO)C(O)C(OC2OC(CO)C(O)C(O)C2O)C1OC1OC(CO)C(O)C(O)C1O. The minimum Gasteiger partial charge on any atom is -0.430 e. The Morgan fingerprint density at radius 2 is 1.00 bits per heavy atom. The highest BCUT2D eigenvalue weighted by Crippen LogP contribution is 2.64. The maximum Gasteiger partial charge on any atom is 0.314 e. The first-order valence-electron chi connectivity index (χ1n) is 30.4. The second-order valence-electron chi connectivity index (χ2n) is 25.4. The Kier molecular flexibility index (Phi) is 25.2. The second-order valence-corrected chi connectivity index (χ2v) is 25.4. The van der Waals surface area contributed by atoms with E-state index in [0.717, 1.165) is 0 Å². The summed E-state index contributed by atoms with van der Waals surface area (Å²) in [5.74, 6) is -1.45. The second kappa shape index (κ2) is 30.8. The lowest BCUT2D eigenvalue weighted by Gasteiger charge is -2.60. The van der Waals surface area contributed by atoms with E-state index in [0.29, 0.717) is 50.5 Å². The summed E-state index contributed by atoms with van der Waals surface area (Å²) in [5.41, 5.74) is -1.43. The predicted octanol–water partition coefficient (Wildman–Crippen LogP) is -8.62. The van der Waals surface area contributed by atoms with Crippen LogP contribution in [0.25, 0.3) is 0 Å². The highest BCUT2D eigenvalue weighted by atomic mass is 16.8. The van der Waals surface area contributed by atoms with E-state index in [1.807, 2.05) is 0 Å². The molecule has 0 bridgehead atoms. The zero-order valence-electron chi connectivity index (χ0n) is 49.6. The normalized spacial score (nSPS) is 48.8. The van der Waals surface area contributed by atoms with Crippen molar-refractivity contribution in [2.45, 2.75) is 263 Å². The number of esters is 1. The number of hydrogen-bond donors (Lipinski definition) is 20. The van der Waals surface area contributed by atoms with Crippen molar-refractivity contribution in [1.82, 2.24) is 0 Å². The molecule has 89 heavy (non-hydrogen) atoms. The van der Waals surface area contributed by atoms with E-state index >= 15 is 4.79 Å². The highest BCUT2D eigenvalue weighted by molar-refractivity contribution is 5.77. The van der Waals surface area contributed by atoms with Gasteiger partial charge in [0.2, 0.25) is 6.29 Å². The molecule has 0 aromatic carbocycles. The summed E-state index contributed by atoms with van der Waals surface area (Å²) < 4.78 is 70.8. The minimum atomic E-state index is -2.43. The molecule has 0 amide bonds. The van der Waals surface area contributed by atoms with Gasteiger partial charge in [0.25, 0.3) is 6.29 Å². The third-order valence-electron chi connectivity index (χ3n) is 19.8. The fraction of sp³-hybridized carbons (Fsp3) is 0.946. The molecule has 33 heteroatoms. The largest absolute Gasteiger partial charge is 0.430 e. The highest BCUT2D eigenvalue weighted by Gasteiger charge is 2.61. The molecule has 0 aromatic heterocycles. The number of carbonyl (C=O) groups is 1. The van der Waals surface area contributed by atoms with Crippen LogP contribution in [0.15, 0.2) is 12.2 Å². The molecule has 5 aliphatic heterocycles. The van der Waals surface area contributed by atoms with Gasteiger partial charge >= 0.3 is 5.97 Å². The third-order valence-corrected chi connectivity index (χ3v) is 19.8. The van der Waals surface area contributed by atoms with Crippen molar-refractivity contribution in [3.05, 3.63) is 12.2 Å². The van der Waals surface area contributed by atoms with Crippen LogP contribution in [-0.4, -0.2) is 332 Å². The van der Waals surface area contributed by atoms with Crippen molar-refractivity contribution in [2.75, 3.05) is 39.6 Å². The van der Waals surface area contributed by atoms with E-state index in [2.05, 4.69) is 13.5 Å². The van der Waals surface area contributed by atoms with Crippen LogP contribution in [0.2, 0.25) is 0 Å². The van der Waals surface area contributed by atoms with E-state index in [9.17, 15) is 102 Å². The molecule has 33 nitrogen and oxygen atoms in total. The first kappa shape index (κ1) is 72.8. The Morgan fingerprint density at radius 1 is 0.539 bits per heavy atom. The molecule has 8 aliphatic rings. The van der Waals surface area contributed by atoms with E-state index in [-0.39, 0.29) is 24.7 Å². The number of carbonyl (C=O) groups excluding carboxylic acids is 1. The Bertz CT molecular complexity index is 2240. The van der Waals surface area contributed by atoms with Gasteiger partial charge in [-0.2, -0.15) is 0 Å². The molecule has 0 aromatic rings. The molecule has 5 saturated heterocycles. The first-order valence-corrected chi connectivity index (χ1v) is 30.4. The van der Waals surface area contributed by atoms with E-state index in [1.165, 1.54) is 6.92 Å². The van der Waals surface area contributed by atoms with Gasteiger partial charge in [-0.15, -0.1) is 0 Å². The van der Waals surface area contributed by atoms with Crippen molar-refractivity contribution in [2.24, 2.45) is 28.6 Å². The fourth-order valence-corrected chi connectivity index (χ4v) is 14.4. The van der Waals surface area contributed by atoms with Gasteiger partial charge < -0.3 is 159 Å². The summed E-state index contributed by atoms with van der Waals surface area (Å²) in [5, 5.41) is 213. The molecule has 516 valence electrons. The summed E-state index contributed by atoms with van der Waals surface area (Å²) in [6.07, 6.45) is -49.8. The van der Waals surface area contributed by atoms with Crippen molar-refractivity contribution in [3.8, 4) is 0 Å². The zero-order chi connectivity index (χ0) is 65.3. The molecule has 5 heterocycles. The Hall–Kier alpha value is -2.03. The smallest absolute Gasteiger partial charge is 0.314 e. The van der Waals surface area contributed by atoms with Crippen LogP contribution in [0.1, 0.15) is 78.6 Å². The maximum atomic E-state index is 15.2. The van der Waals surface area contributed by atoms with Gasteiger partial charge in [-0.3, -0.25) is 4.79 Å². The molecule has 8 rings (SSSR count). The topological polar surface area (TPSA) is 532 Å². The van der Waals surface area contributed by atoms with Gasteiger partial charge in [0, 0.05) is 0 Å². The van der Waals surface area contributed by atoms with Crippen LogP contribution < -0.4 is 0 Å². The number of hydrogen-bond acceptors (Lipinski definition) is 33. The molecular weight excluding hydrogens is 1200 g/mol. The van der Waals surface area contributed by atoms with E-state index < -0.39 is 247 Å². The van der Waals surface area contributed by atoms with E-state index in [4.69, 9.17) is 56.8 Å². The van der Waals surface area contributed by atoms with Crippen LogP contribution in [0.4, 0.5) is 0 Å². The summed E-state index contributed by atoms with van der Waals surface area (Å²) in [6, 6.07) is 0. The average molecular weight is 1300 g/mol. The van der Waals surface area contributed by atoms with Crippen LogP contribution in [0, 0.1) is 28.6 Å². The molecular formula is C56H94O33. The van der Waals surface area contributed by atoms with E-state index in [1.54, 1.807) is 6.92 Å². The van der Waals surface area contributed by atoms with Crippen LogP contribution >= 0.6 is 0 Å². The fourth-order valence-electron chi connectivity index (χ4n) is 14.4. The molecule has 0 radical (unpaired) electrons. The number of rotatable bonds is 22. The first-order chi connectivity index (χ1) is 42.1. The third kappa shape index (κ3) is 15.2. The molecule has 3 saturated carbocycles. The van der Waals surface area contributed by atoms with Crippen molar-refractivity contribution >= 4 is 5.97 Å². The zero-order valence-corrected chi connectivity index (χ0v) is 49.6. The average Bonchev–Trinajstić information content (AvgIpc) is 0.742. The van der Waals surface area contributed by atoms with Crippen LogP contribution in [-0.2, 0) is 61.6 Å². The molecule has 35 atom stereocenters. The van der Waals surface area contributed by atoms with Crippen molar-refractivity contribution in [3.63, 3.8) is 0 Å². The molecule has 3 aliphatic carbocycles. The minimum absolute atomic E-state index is 0.0612. The number of fused-ring (bicyclic) bond motifs is 3. The van der Waals surface area contributed by atoms with Gasteiger partial charge in [0.05, 0.1) is 57.3 Å². The van der Waals surface area contributed by atoms with Gasteiger partial charge in [-0.25, -0.2) is 0 Å². The molecule has 0 spiro atoms. The number of aliphatic hydroxyl groups excluding tert-OH is 20. The van der Waals surface area contributed by atoms with Gasteiger partial charge in [-0.05, 0) is 94.0 Å². The number of aliphatic hydroxyl groups is 20. The predicted molar refractivity (Wildman–Crippen MR) is 288 cm³/mol. The quantitative estimate of drug-likeness (QED) is 0.0272.